The van der Waals surface area contributed by atoms with Crippen molar-refractivity contribution >= 4 is 28.8 Å². The molecule has 2 aromatic rings. The molecule has 0 atom stereocenters. The van der Waals surface area contributed by atoms with Crippen LogP contribution >= 0.6 is 11.6 Å². The third kappa shape index (κ3) is 1.70. The Morgan fingerprint density at radius 3 is 2.80 bits per heavy atom. The number of benzene rings is 1. The first kappa shape index (κ1) is 10.1. The van der Waals surface area contributed by atoms with Crippen LogP contribution in [-0.2, 0) is 0 Å². The Bertz CT molecular complexity index is 554. The second-order valence-corrected chi connectivity index (χ2v) is 3.66. The second kappa shape index (κ2) is 3.59. The number of rotatable bonds is 1. The van der Waals surface area contributed by atoms with Gasteiger partial charge in [-0.15, -0.1) is 0 Å². The molecule has 76 valence electrons. The predicted molar refractivity (Wildman–Crippen MR) is 56.8 cm³/mol. The number of aryl methyl sites for hydroxylation is 1. The first-order valence-corrected chi connectivity index (χ1v) is 4.71. The summed E-state index contributed by atoms with van der Waals surface area (Å²) in [7, 11) is 0. The van der Waals surface area contributed by atoms with E-state index in [1.807, 2.05) is 0 Å². The SMILES string of the molecule is Cc1cc(Cl)c2cc(F)cc(C=O)c2n1. The molecule has 2 rings (SSSR count). The highest BCUT2D eigenvalue weighted by Gasteiger charge is 2.08. The molecule has 0 aliphatic heterocycles. The third-order valence-electron chi connectivity index (χ3n) is 2.11. The monoisotopic (exact) mass is 223 g/mol. The Morgan fingerprint density at radius 1 is 1.40 bits per heavy atom. The topological polar surface area (TPSA) is 30.0 Å². The summed E-state index contributed by atoms with van der Waals surface area (Å²) in [6.07, 6.45) is 0.578. The normalized spacial score (nSPS) is 10.6. The summed E-state index contributed by atoms with van der Waals surface area (Å²) in [5, 5.41) is 0.865. The van der Waals surface area contributed by atoms with E-state index in [1.165, 1.54) is 6.07 Å². The smallest absolute Gasteiger partial charge is 0.152 e. The van der Waals surface area contributed by atoms with E-state index in [-0.39, 0.29) is 5.56 Å². The molecule has 0 aliphatic carbocycles. The van der Waals surface area contributed by atoms with Gasteiger partial charge in [-0.25, -0.2) is 4.39 Å². The zero-order valence-electron chi connectivity index (χ0n) is 7.92. The van der Waals surface area contributed by atoms with Gasteiger partial charge in [-0.05, 0) is 25.1 Å². The summed E-state index contributed by atoms with van der Waals surface area (Å²) >= 11 is 5.94. The number of hydrogen-bond acceptors (Lipinski definition) is 2. The van der Waals surface area contributed by atoms with Crippen LogP contribution in [0.2, 0.25) is 5.02 Å². The maximum atomic E-state index is 13.1. The van der Waals surface area contributed by atoms with Crippen molar-refractivity contribution in [3.8, 4) is 0 Å². The summed E-state index contributed by atoms with van der Waals surface area (Å²) < 4.78 is 13.1. The lowest BCUT2D eigenvalue weighted by atomic mass is 10.1. The van der Waals surface area contributed by atoms with Crippen LogP contribution in [0.15, 0.2) is 18.2 Å². The van der Waals surface area contributed by atoms with Gasteiger partial charge in [0.15, 0.2) is 6.29 Å². The molecule has 15 heavy (non-hydrogen) atoms. The molecule has 0 radical (unpaired) electrons. The van der Waals surface area contributed by atoms with Crippen LogP contribution in [0.25, 0.3) is 10.9 Å². The Morgan fingerprint density at radius 2 is 2.13 bits per heavy atom. The molecule has 0 fully saturated rings. The molecule has 1 aromatic carbocycles. The van der Waals surface area contributed by atoms with E-state index in [4.69, 9.17) is 11.6 Å². The Kier molecular flexibility index (Phi) is 2.40. The van der Waals surface area contributed by atoms with E-state index in [0.717, 1.165) is 6.07 Å². The molecule has 2 nitrogen and oxygen atoms in total. The van der Waals surface area contributed by atoms with E-state index in [1.54, 1.807) is 13.0 Å². The molecular formula is C11H7ClFNO. The van der Waals surface area contributed by atoms with Crippen LogP contribution in [0.5, 0.6) is 0 Å². The van der Waals surface area contributed by atoms with Gasteiger partial charge in [-0.2, -0.15) is 0 Å². The molecule has 0 unspecified atom stereocenters. The van der Waals surface area contributed by atoms with Gasteiger partial charge >= 0.3 is 0 Å². The average molecular weight is 224 g/mol. The highest BCUT2D eigenvalue weighted by atomic mass is 35.5. The van der Waals surface area contributed by atoms with Gasteiger partial charge in [0.05, 0.1) is 10.5 Å². The molecule has 1 heterocycles. The van der Waals surface area contributed by atoms with Crippen molar-refractivity contribution in [2.24, 2.45) is 0 Å². The molecular weight excluding hydrogens is 217 g/mol. The van der Waals surface area contributed by atoms with Crippen LogP contribution in [0.3, 0.4) is 0 Å². The van der Waals surface area contributed by atoms with Gasteiger partial charge in [0.25, 0.3) is 0 Å². The number of nitrogens with zero attached hydrogens (tertiary/aromatic N) is 1. The molecule has 0 saturated carbocycles. The highest BCUT2D eigenvalue weighted by Crippen LogP contribution is 2.25. The van der Waals surface area contributed by atoms with Crippen molar-refractivity contribution in [3.05, 3.63) is 40.3 Å². The maximum absolute atomic E-state index is 13.1. The number of aromatic nitrogens is 1. The lowest BCUT2D eigenvalue weighted by molar-refractivity contribution is 0.112. The lowest BCUT2D eigenvalue weighted by Gasteiger charge is -2.04. The number of fused-ring (bicyclic) bond motifs is 1. The van der Waals surface area contributed by atoms with Crippen molar-refractivity contribution in [1.82, 2.24) is 4.98 Å². The van der Waals surface area contributed by atoms with Crippen LogP contribution in [0.4, 0.5) is 4.39 Å². The van der Waals surface area contributed by atoms with Gasteiger partial charge in [-0.1, -0.05) is 11.6 Å². The minimum absolute atomic E-state index is 0.218. The number of halogens is 2. The minimum Gasteiger partial charge on any atom is -0.298 e. The van der Waals surface area contributed by atoms with Crippen LogP contribution in [0, 0.1) is 12.7 Å². The molecule has 0 N–H and O–H groups in total. The zero-order valence-corrected chi connectivity index (χ0v) is 8.68. The lowest BCUT2D eigenvalue weighted by Crippen LogP contribution is -1.92. The second-order valence-electron chi connectivity index (χ2n) is 3.25. The summed E-state index contributed by atoms with van der Waals surface area (Å²) in [6.45, 7) is 1.77. The van der Waals surface area contributed by atoms with Crippen LogP contribution < -0.4 is 0 Å². The van der Waals surface area contributed by atoms with E-state index in [0.29, 0.717) is 27.9 Å². The van der Waals surface area contributed by atoms with E-state index < -0.39 is 5.82 Å². The van der Waals surface area contributed by atoms with E-state index in [9.17, 15) is 9.18 Å². The Labute approximate surface area is 90.7 Å². The first-order valence-electron chi connectivity index (χ1n) is 4.33. The average Bonchev–Trinajstić information content (AvgIpc) is 2.18. The Balaban J connectivity index is 2.95. The van der Waals surface area contributed by atoms with Crippen LogP contribution in [-0.4, -0.2) is 11.3 Å². The fraction of sp³-hybridized carbons (Fsp3) is 0.0909. The van der Waals surface area contributed by atoms with Crippen molar-refractivity contribution in [3.63, 3.8) is 0 Å². The number of aldehydes is 1. The molecule has 0 amide bonds. The van der Waals surface area contributed by atoms with Gasteiger partial charge in [0.2, 0.25) is 0 Å². The van der Waals surface area contributed by atoms with Gasteiger partial charge in [0.1, 0.15) is 5.82 Å². The van der Waals surface area contributed by atoms with Crippen molar-refractivity contribution in [2.75, 3.05) is 0 Å². The largest absolute Gasteiger partial charge is 0.298 e. The van der Waals surface area contributed by atoms with Gasteiger partial charge in [-0.3, -0.25) is 9.78 Å². The summed E-state index contributed by atoms with van der Waals surface area (Å²) in [5.41, 5.74) is 1.36. The predicted octanol–water partition coefficient (Wildman–Crippen LogP) is 3.15. The summed E-state index contributed by atoms with van der Waals surface area (Å²) in [6, 6.07) is 4.06. The van der Waals surface area contributed by atoms with Crippen LogP contribution in [0.1, 0.15) is 16.1 Å². The van der Waals surface area contributed by atoms with Crippen molar-refractivity contribution in [1.29, 1.82) is 0 Å². The fourth-order valence-corrected chi connectivity index (χ4v) is 1.79. The quantitative estimate of drug-likeness (QED) is 0.696. The zero-order chi connectivity index (χ0) is 11.0. The highest BCUT2D eigenvalue weighted by molar-refractivity contribution is 6.35. The molecule has 4 heteroatoms. The van der Waals surface area contributed by atoms with Crippen molar-refractivity contribution in [2.45, 2.75) is 6.92 Å². The fourth-order valence-electron chi connectivity index (χ4n) is 1.49. The molecule has 1 aromatic heterocycles. The third-order valence-corrected chi connectivity index (χ3v) is 2.42. The van der Waals surface area contributed by atoms with Gasteiger partial charge in [0, 0.05) is 16.6 Å². The molecule has 0 bridgehead atoms. The Hall–Kier alpha value is -1.48. The summed E-state index contributed by atoms with van der Waals surface area (Å²) in [4.78, 5) is 14.9. The number of carbonyl (C=O) groups excluding carboxylic acids is 1. The number of carbonyl (C=O) groups is 1. The molecule has 0 spiro atoms. The number of hydrogen-bond donors (Lipinski definition) is 0. The minimum atomic E-state index is -0.489. The maximum Gasteiger partial charge on any atom is 0.152 e. The van der Waals surface area contributed by atoms with E-state index >= 15 is 0 Å². The standard InChI is InChI=1S/C11H7ClFNO/c1-6-2-10(12)9-4-8(13)3-7(5-15)11(9)14-6/h2-5H,1H3. The van der Waals surface area contributed by atoms with E-state index in [2.05, 4.69) is 4.98 Å². The van der Waals surface area contributed by atoms with Gasteiger partial charge < -0.3 is 0 Å². The first-order chi connectivity index (χ1) is 7.11. The molecule has 0 saturated heterocycles. The number of pyridine rings is 1. The van der Waals surface area contributed by atoms with Crippen molar-refractivity contribution < 1.29 is 9.18 Å². The summed E-state index contributed by atoms with van der Waals surface area (Å²) in [5.74, 6) is -0.489. The molecule has 0 aliphatic rings.